The summed E-state index contributed by atoms with van der Waals surface area (Å²) in [6, 6.07) is 13.1. The van der Waals surface area contributed by atoms with E-state index in [9.17, 15) is 5.11 Å². The zero-order chi connectivity index (χ0) is 22.1. The van der Waals surface area contributed by atoms with Gasteiger partial charge < -0.3 is 9.67 Å². The quantitative estimate of drug-likeness (QED) is 0.637. The number of aliphatic hydroxyl groups is 1. The van der Waals surface area contributed by atoms with E-state index in [1.807, 2.05) is 13.1 Å². The molecule has 0 radical (unpaired) electrons. The zero-order valence-electron chi connectivity index (χ0n) is 19.3. The number of piperidine rings is 1. The van der Waals surface area contributed by atoms with E-state index in [2.05, 4.69) is 57.8 Å². The molecule has 3 heterocycles. The number of likely N-dealkylation sites (tertiary alicyclic amines) is 1. The highest BCUT2D eigenvalue weighted by atomic mass is 16.3. The molecule has 0 saturated carbocycles. The van der Waals surface area contributed by atoms with Crippen LogP contribution in [0.15, 0.2) is 42.6 Å². The number of aliphatic hydroxyl groups excluding tert-OH is 1. The second-order valence-electron chi connectivity index (χ2n) is 9.63. The van der Waals surface area contributed by atoms with Crippen molar-refractivity contribution < 1.29 is 5.11 Å². The van der Waals surface area contributed by atoms with Gasteiger partial charge in [0.05, 0.1) is 29.3 Å². The summed E-state index contributed by atoms with van der Waals surface area (Å²) in [4.78, 5) is 14.4. The van der Waals surface area contributed by atoms with Crippen molar-refractivity contribution in [2.75, 3.05) is 20.1 Å². The fraction of sp³-hybridized carbons (Fsp3) is 0.538. The minimum Gasteiger partial charge on any atom is -0.379 e. The maximum absolute atomic E-state index is 10.1. The highest BCUT2D eigenvalue weighted by Gasteiger charge is 2.28. The summed E-state index contributed by atoms with van der Waals surface area (Å²) in [5.74, 6) is 1.66. The van der Waals surface area contributed by atoms with Gasteiger partial charge in [-0.25, -0.2) is 4.98 Å². The van der Waals surface area contributed by atoms with Gasteiger partial charge in [-0.15, -0.1) is 0 Å². The highest BCUT2D eigenvalue weighted by molar-refractivity contribution is 5.75. The lowest BCUT2D eigenvalue weighted by Gasteiger charge is -2.35. The number of aromatic nitrogens is 3. The molecule has 6 heteroatoms. The van der Waals surface area contributed by atoms with Gasteiger partial charge in [0, 0.05) is 25.8 Å². The number of nitrogens with zero attached hydrogens (tertiary/aromatic N) is 5. The van der Waals surface area contributed by atoms with E-state index in [0.717, 1.165) is 56.8 Å². The topological polar surface area (TPSA) is 57.4 Å². The Morgan fingerprint density at radius 3 is 2.91 bits per heavy atom. The number of fused-ring (bicyclic) bond motifs is 2. The largest absolute Gasteiger partial charge is 0.379 e. The minimum atomic E-state index is -0.373. The number of benzene rings is 1. The molecular formula is C26H35N5O. The number of imidazole rings is 1. The summed E-state index contributed by atoms with van der Waals surface area (Å²) in [7, 11) is 2.22. The van der Waals surface area contributed by atoms with Gasteiger partial charge in [0.15, 0.2) is 0 Å². The van der Waals surface area contributed by atoms with Crippen LogP contribution in [0.3, 0.4) is 0 Å². The van der Waals surface area contributed by atoms with Crippen molar-refractivity contribution in [3.8, 4) is 0 Å². The van der Waals surface area contributed by atoms with Crippen LogP contribution in [-0.2, 0) is 19.5 Å². The van der Waals surface area contributed by atoms with Gasteiger partial charge >= 0.3 is 0 Å². The monoisotopic (exact) mass is 433 g/mol. The fourth-order valence-electron chi connectivity index (χ4n) is 5.64. The summed E-state index contributed by atoms with van der Waals surface area (Å²) in [6.45, 7) is 5.57. The SMILES string of the molecule is CC(O)N1CCC[C@@H](Cn2c(CN(C)[C@H]3CCCc4cccnc43)nc3ccccc32)C1. The van der Waals surface area contributed by atoms with Crippen molar-refractivity contribution in [1.82, 2.24) is 24.3 Å². The first kappa shape index (κ1) is 21.6. The molecule has 0 amide bonds. The van der Waals surface area contributed by atoms with E-state index in [4.69, 9.17) is 9.97 Å². The maximum atomic E-state index is 10.1. The third-order valence-corrected chi connectivity index (χ3v) is 7.34. The molecule has 1 saturated heterocycles. The first-order chi connectivity index (χ1) is 15.6. The second kappa shape index (κ2) is 9.30. The van der Waals surface area contributed by atoms with E-state index in [0.29, 0.717) is 12.0 Å². The normalized spacial score (nSPS) is 22.9. The molecule has 0 spiro atoms. The molecule has 1 aliphatic heterocycles. The average molecular weight is 434 g/mol. The van der Waals surface area contributed by atoms with Crippen molar-refractivity contribution in [2.45, 2.75) is 64.4 Å². The molecule has 3 atom stereocenters. The van der Waals surface area contributed by atoms with Crippen LogP contribution in [0.5, 0.6) is 0 Å². The molecule has 1 aliphatic carbocycles. The number of pyridine rings is 1. The molecule has 2 aliphatic rings. The summed E-state index contributed by atoms with van der Waals surface area (Å²) < 4.78 is 2.43. The van der Waals surface area contributed by atoms with E-state index in [1.54, 1.807) is 0 Å². The van der Waals surface area contributed by atoms with Gasteiger partial charge in [-0.1, -0.05) is 18.2 Å². The molecule has 5 rings (SSSR count). The lowest BCUT2D eigenvalue weighted by molar-refractivity contribution is -0.0107. The molecule has 1 N–H and O–H groups in total. The van der Waals surface area contributed by atoms with Gasteiger partial charge in [-0.2, -0.15) is 0 Å². The van der Waals surface area contributed by atoms with Crippen molar-refractivity contribution in [2.24, 2.45) is 5.92 Å². The molecule has 6 nitrogen and oxygen atoms in total. The Labute approximate surface area is 190 Å². The van der Waals surface area contributed by atoms with Crippen LogP contribution in [-0.4, -0.2) is 55.8 Å². The van der Waals surface area contributed by atoms with Crippen LogP contribution < -0.4 is 0 Å². The van der Waals surface area contributed by atoms with E-state index in [1.165, 1.54) is 29.6 Å². The van der Waals surface area contributed by atoms with Crippen LogP contribution in [0, 0.1) is 5.92 Å². The maximum Gasteiger partial charge on any atom is 0.124 e. The predicted molar refractivity (Wildman–Crippen MR) is 127 cm³/mol. The number of aryl methyl sites for hydroxylation is 1. The third-order valence-electron chi connectivity index (χ3n) is 7.34. The molecule has 2 aromatic heterocycles. The third kappa shape index (κ3) is 4.32. The lowest BCUT2D eigenvalue weighted by Crippen LogP contribution is -2.42. The number of para-hydroxylation sites is 2. The molecule has 32 heavy (non-hydrogen) atoms. The van der Waals surface area contributed by atoms with Crippen LogP contribution in [0.1, 0.15) is 55.7 Å². The van der Waals surface area contributed by atoms with E-state index in [-0.39, 0.29) is 6.23 Å². The van der Waals surface area contributed by atoms with Gasteiger partial charge in [-0.05, 0) is 75.8 Å². The van der Waals surface area contributed by atoms with Crippen LogP contribution >= 0.6 is 0 Å². The molecule has 1 fully saturated rings. The number of hydrogen-bond donors (Lipinski definition) is 1. The van der Waals surface area contributed by atoms with Crippen LogP contribution in [0.4, 0.5) is 0 Å². The summed E-state index contributed by atoms with van der Waals surface area (Å²) in [5.41, 5.74) is 4.92. The van der Waals surface area contributed by atoms with Crippen LogP contribution in [0.25, 0.3) is 11.0 Å². The Morgan fingerprint density at radius 2 is 2.03 bits per heavy atom. The Balaban J connectivity index is 1.41. The number of hydrogen-bond acceptors (Lipinski definition) is 5. The van der Waals surface area contributed by atoms with Crippen molar-refractivity contribution in [3.63, 3.8) is 0 Å². The van der Waals surface area contributed by atoms with Crippen molar-refractivity contribution in [3.05, 3.63) is 59.7 Å². The second-order valence-corrected chi connectivity index (χ2v) is 9.63. The minimum absolute atomic E-state index is 0.341. The smallest absolute Gasteiger partial charge is 0.124 e. The van der Waals surface area contributed by atoms with Gasteiger partial charge in [0.1, 0.15) is 12.1 Å². The molecule has 170 valence electrons. The highest BCUT2D eigenvalue weighted by Crippen LogP contribution is 2.33. The van der Waals surface area contributed by atoms with Gasteiger partial charge in [0.25, 0.3) is 0 Å². The summed E-state index contributed by atoms with van der Waals surface area (Å²) >= 11 is 0. The first-order valence-corrected chi connectivity index (χ1v) is 12.1. The molecular weight excluding hydrogens is 398 g/mol. The average Bonchev–Trinajstić information content (AvgIpc) is 3.15. The molecule has 0 bridgehead atoms. The standard InChI is InChI=1S/C26H35N5O/c1-19(32)30-15-7-8-20(16-30)17-31-23-12-4-3-11-22(23)28-25(31)18-29(2)24-13-5-9-21-10-6-14-27-26(21)24/h3-4,6,10-12,14,19-20,24,32H,5,7-9,13,15-18H2,1-2H3/t19?,20-,24+/m1/s1. The number of rotatable bonds is 6. The Kier molecular flexibility index (Phi) is 6.26. The summed E-state index contributed by atoms with van der Waals surface area (Å²) in [5, 5.41) is 10.1. The van der Waals surface area contributed by atoms with Gasteiger partial charge in [-0.3, -0.25) is 14.8 Å². The van der Waals surface area contributed by atoms with E-state index < -0.39 is 0 Å². The first-order valence-electron chi connectivity index (χ1n) is 12.1. The van der Waals surface area contributed by atoms with Crippen molar-refractivity contribution >= 4 is 11.0 Å². The summed E-state index contributed by atoms with van der Waals surface area (Å²) in [6.07, 6.45) is 7.38. The van der Waals surface area contributed by atoms with E-state index >= 15 is 0 Å². The Bertz CT molecular complexity index is 1060. The molecule has 3 aromatic rings. The Hall–Kier alpha value is -2.28. The fourth-order valence-corrected chi connectivity index (χ4v) is 5.64. The van der Waals surface area contributed by atoms with Crippen LogP contribution in [0.2, 0.25) is 0 Å². The molecule has 1 aromatic carbocycles. The van der Waals surface area contributed by atoms with Crippen molar-refractivity contribution in [1.29, 1.82) is 0 Å². The lowest BCUT2D eigenvalue weighted by atomic mass is 9.91. The predicted octanol–water partition coefficient (Wildman–Crippen LogP) is 3.99. The van der Waals surface area contributed by atoms with Gasteiger partial charge in [0.2, 0.25) is 0 Å². The molecule has 1 unspecified atom stereocenters. The zero-order valence-corrected chi connectivity index (χ0v) is 19.3. The Morgan fingerprint density at radius 1 is 1.16 bits per heavy atom.